The van der Waals surface area contributed by atoms with Gasteiger partial charge in [0.2, 0.25) is 0 Å². The van der Waals surface area contributed by atoms with Crippen molar-refractivity contribution in [3.8, 4) is 0 Å². The van der Waals surface area contributed by atoms with Gasteiger partial charge in [-0.2, -0.15) is 16.9 Å². The summed E-state index contributed by atoms with van der Waals surface area (Å²) in [7, 11) is 0. The number of hydrogen-bond acceptors (Lipinski definition) is 3. The maximum absolute atomic E-state index is 4.50. The molecule has 116 valence electrons. The van der Waals surface area contributed by atoms with Gasteiger partial charge in [0, 0.05) is 17.0 Å². The minimum absolute atomic E-state index is 0.286. The van der Waals surface area contributed by atoms with E-state index in [1.807, 2.05) is 18.0 Å². The number of aromatic nitrogens is 2. The van der Waals surface area contributed by atoms with Gasteiger partial charge in [-0.05, 0) is 35.3 Å². The Hall–Kier alpha value is 0. The van der Waals surface area contributed by atoms with Crippen molar-refractivity contribution in [2.75, 3.05) is 12.3 Å². The van der Waals surface area contributed by atoms with Gasteiger partial charge < -0.3 is 5.32 Å². The highest BCUT2D eigenvalue weighted by atomic mass is 79.9. The molecule has 0 aromatic carbocycles. The maximum Gasteiger partial charge on any atom is 0.0704 e. The molecule has 1 N–H and O–H groups in total. The van der Waals surface area contributed by atoms with Crippen molar-refractivity contribution < 1.29 is 0 Å². The third-order valence-corrected chi connectivity index (χ3v) is 4.90. The molecule has 1 atom stereocenters. The summed E-state index contributed by atoms with van der Waals surface area (Å²) in [6, 6.07) is 0.350. The predicted octanol–water partition coefficient (Wildman–Crippen LogP) is 4.63. The number of nitrogens with one attached hydrogen (secondary N) is 1. The van der Waals surface area contributed by atoms with Gasteiger partial charge >= 0.3 is 0 Å². The standard InChI is InChI=1S/C15H28BrN3S/c1-6-8-17-13(11-20-15(3,4)5)14-12(16)10-18-19(14)9-7-2/h10,13,17H,6-9,11H2,1-5H3. The number of nitrogens with zero attached hydrogens (tertiary/aromatic N) is 2. The molecule has 0 spiro atoms. The van der Waals surface area contributed by atoms with Crippen molar-refractivity contribution in [3.63, 3.8) is 0 Å². The molecule has 0 aliphatic carbocycles. The molecule has 0 bridgehead atoms. The van der Waals surface area contributed by atoms with E-state index in [2.05, 4.69) is 65.6 Å². The van der Waals surface area contributed by atoms with E-state index < -0.39 is 0 Å². The van der Waals surface area contributed by atoms with Crippen LogP contribution in [0.15, 0.2) is 10.7 Å². The van der Waals surface area contributed by atoms with Gasteiger partial charge in [-0.15, -0.1) is 0 Å². The first kappa shape index (κ1) is 18.1. The van der Waals surface area contributed by atoms with E-state index >= 15 is 0 Å². The van der Waals surface area contributed by atoms with Crippen LogP contribution in [0.2, 0.25) is 0 Å². The summed E-state index contributed by atoms with van der Waals surface area (Å²) in [6.45, 7) is 13.2. The van der Waals surface area contributed by atoms with Gasteiger partial charge in [0.25, 0.3) is 0 Å². The van der Waals surface area contributed by atoms with Crippen LogP contribution in [0.5, 0.6) is 0 Å². The molecular weight excluding hydrogens is 334 g/mol. The molecule has 1 rings (SSSR count). The van der Waals surface area contributed by atoms with Crippen molar-refractivity contribution in [2.24, 2.45) is 0 Å². The molecule has 1 unspecified atom stereocenters. The quantitative estimate of drug-likeness (QED) is 0.731. The summed E-state index contributed by atoms with van der Waals surface area (Å²) in [5, 5.41) is 8.17. The lowest BCUT2D eigenvalue weighted by Crippen LogP contribution is -2.28. The molecule has 0 saturated heterocycles. The molecular formula is C15H28BrN3S. The fraction of sp³-hybridized carbons (Fsp3) is 0.800. The second-order valence-electron chi connectivity index (χ2n) is 6.03. The van der Waals surface area contributed by atoms with Gasteiger partial charge in [-0.25, -0.2) is 0 Å². The summed E-state index contributed by atoms with van der Waals surface area (Å²) in [5.74, 6) is 1.07. The lowest BCUT2D eigenvalue weighted by molar-refractivity contribution is 0.496. The first-order chi connectivity index (χ1) is 9.39. The Bertz CT molecular complexity index is 398. The third kappa shape index (κ3) is 5.78. The Balaban J connectivity index is 2.88. The van der Waals surface area contributed by atoms with E-state index in [0.29, 0.717) is 6.04 Å². The largest absolute Gasteiger partial charge is 0.308 e. The zero-order valence-electron chi connectivity index (χ0n) is 13.4. The summed E-state index contributed by atoms with van der Waals surface area (Å²) in [6.07, 6.45) is 4.18. The van der Waals surface area contributed by atoms with Crippen LogP contribution in [-0.2, 0) is 6.54 Å². The van der Waals surface area contributed by atoms with Crippen molar-refractivity contribution in [1.82, 2.24) is 15.1 Å². The fourth-order valence-electron chi connectivity index (χ4n) is 1.99. The summed E-state index contributed by atoms with van der Waals surface area (Å²) >= 11 is 5.67. The first-order valence-electron chi connectivity index (χ1n) is 7.47. The average molecular weight is 362 g/mol. The van der Waals surface area contributed by atoms with Gasteiger partial charge in [0.1, 0.15) is 0 Å². The van der Waals surface area contributed by atoms with Crippen molar-refractivity contribution in [1.29, 1.82) is 0 Å². The average Bonchev–Trinajstić information content (AvgIpc) is 2.71. The van der Waals surface area contributed by atoms with Crippen LogP contribution in [0.4, 0.5) is 0 Å². The highest BCUT2D eigenvalue weighted by Crippen LogP contribution is 2.31. The molecule has 3 nitrogen and oxygen atoms in total. The highest BCUT2D eigenvalue weighted by Gasteiger charge is 2.22. The second kappa shape index (κ2) is 8.44. The minimum atomic E-state index is 0.286. The molecule has 1 aromatic rings. The van der Waals surface area contributed by atoms with Crippen LogP contribution in [0.1, 0.15) is 59.2 Å². The Morgan fingerprint density at radius 3 is 2.60 bits per heavy atom. The Morgan fingerprint density at radius 2 is 2.05 bits per heavy atom. The second-order valence-corrected chi connectivity index (χ2v) is 8.73. The summed E-state index contributed by atoms with van der Waals surface area (Å²) in [4.78, 5) is 0. The molecule has 5 heteroatoms. The summed E-state index contributed by atoms with van der Waals surface area (Å²) < 4.78 is 3.54. The normalized spacial score (nSPS) is 13.7. The maximum atomic E-state index is 4.50. The molecule has 0 aliphatic heterocycles. The monoisotopic (exact) mass is 361 g/mol. The number of halogens is 1. The fourth-order valence-corrected chi connectivity index (χ4v) is 3.51. The van der Waals surface area contributed by atoms with Gasteiger partial charge in [-0.1, -0.05) is 34.6 Å². The molecule has 1 aromatic heterocycles. The third-order valence-electron chi connectivity index (χ3n) is 2.92. The van der Waals surface area contributed by atoms with Gasteiger partial charge in [0.05, 0.1) is 22.4 Å². The van der Waals surface area contributed by atoms with E-state index in [1.54, 1.807) is 0 Å². The molecule has 0 saturated carbocycles. The lowest BCUT2D eigenvalue weighted by Gasteiger charge is -2.25. The SMILES string of the molecule is CCCNC(CSC(C)(C)C)c1c(Br)cnn1CCC. The minimum Gasteiger partial charge on any atom is -0.308 e. The van der Waals surface area contributed by atoms with E-state index in [9.17, 15) is 0 Å². The first-order valence-corrected chi connectivity index (χ1v) is 9.25. The van der Waals surface area contributed by atoms with Crippen LogP contribution in [-0.4, -0.2) is 26.8 Å². The van der Waals surface area contributed by atoms with Crippen LogP contribution >= 0.6 is 27.7 Å². The van der Waals surface area contributed by atoms with E-state index in [1.165, 1.54) is 5.69 Å². The van der Waals surface area contributed by atoms with Crippen LogP contribution in [0.25, 0.3) is 0 Å². The number of hydrogen-bond donors (Lipinski definition) is 1. The molecule has 0 radical (unpaired) electrons. The zero-order chi connectivity index (χ0) is 15.2. The smallest absolute Gasteiger partial charge is 0.0704 e. The number of thioether (sulfide) groups is 1. The van der Waals surface area contributed by atoms with Crippen LogP contribution in [0.3, 0.4) is 0 Å². The van der Waals surface area contributed by atoms with Gasteiger partial charge in [-0.3, -0.25) is 4.68 Å². The van der Waals surface area contributed by atoms with Gasteiger partial charge in [0.15, 0.2) is 0 Å². The number of rotatable bonds is 8. The van der Waals surface area contributed by atoms with Crippen molar-refractivity contribution in [3.05, 3.63) is 16.4 Å². The Morgan fingerprint density at radius 1 is 1.35 bits per heavy atom. The zero-order valence-corrected chi connectivity index (χ0v) is 15.8. The Labute approximate surface area is 136 Å². The van der Waals surface area contributed by atoms with E-state index in [-0.39, 0.29) is 4.75 Å². The van der Waals surface area contributed by atoms with Crippen molar-refractivity contribution in [2.45, 2.75) is 64.8 Å². The van der Waals surface area contributed by atoms with Crippen molar-refractivity contribution >= 4 is 27.7 Å². The molecule has 0 aliphatic rings. The molecule has 1 heterocycles. The lowest BCUT2D eigenvalue weighted by atomic mass is 10.2. The highest BCUT2D eigenvalue weighted by molar-refractivity contribution is 9.10. The van der Waals surface area contributed by atoms with Crippen LogP contribution < -0.4 is 5.32 Å². The Kier molecular flexibility index (Phi) is 7.62. The topological polar surface area (TPSA) is 29.9 Å². The molecule has 0 amide bonds. The van der Waals surface area contributed by atoms with E-state index in [4.69, 9.17) is 0 Å². The predicted molar refractivity (Wildman–Crippen MR) is 93.5 cm³/mol. The summed E-state index contributed by atoms with van der Waals surface area (Å²) in [5.41, 5.74) is 1.29. The van der Waals surface area contributed by atoms with Crippen LogP contribution in [0, 0.1) is 0 Å². The van der Waals surface area contributed by atoms with E-state index in [0.717, 1.165) is 36.2 Å². The molecule has 0 fully saturated rings. The molecule has 20 heavy (non-hydrogen) atoms. The number of aryl methyl sites for hydroxylation is 1.